The van der Waals surface area contributed by atoms with Crippen molar-refractivity contribution in [1.29, 1.82) is 0 Å². The quantitative estimate of drug-likeness (QED) is 0.315. The van der Waals surface area contributed by atoms with Crippen LogP contribution < -0.4 is 10.1 Å². The Hall–Kier alpha value is -2.85. The summed E-state index contributed by atoms with van der Waals surface area (Å²) >= 11 is 2.65. The van der Waals surface area contributed by atoms with Crippen molar-refractivity contribution < 1.29 is 19.1 Å². The van der Waals surface area contributed by atoms with E-state index in [1.165, 1.54) is 30.2 Å². The molecule has 182 valence electrons. The summed E-state index contributed by atoms with van der Waals surface area (Å²) in [6.45, 7) is 12.4. The molecule has 1 unspecified atom stereocenters. The van der Waals surface area contributed by atoms with E-state index in [2.05, 4.69) is 21.6 Å². The van der Waals surface area contributed by atoms with Gasteiger partial charge in [0.15, 0.2) is 17.1 Å². The zero-order chi connectivity index (χ0) is 25.0. The van der Waals surface area contributed by atoms with Crippen LogP contribution in [0.5, 0.6) is 5.75 Å². The third-order valence-corrected chi connectivity index (χ3v) is 7.38. The van der Waals surface area contributed by atoms with Crippen LogP contribution in [0.1, 0.15) is 57.7 Å². The van der Waals surface area contributed by atoms with E-state index in [0.717, 1.165) is 27.3 Å². The maximum atomic E-state index is 12.7. The summed E-state index contributed by atoms with van der Waals surface area (Å²) < 4.78 is 12.9. The van der Waals surface area contributed by atoms with Gasteiger partial charge in [0.05, 0.1) is 18.4 Å². The fourth-order valence-corrected chi connectivity index (χ4v) is 5.49. The second-order valence-electron chi connectivity index (χ2n) is 7.98. The predicted molar refractivity (Wildman–Crippen MR) is 135 cm³/mol. The summed E-state index contributed by atoms with van der Waals surface area (Å²) in [6, 6.07) is 6.08. The van der Waals surface area contributed by atoms with Gasteiger partial charge in [0.25, 0.3) is 0 Å². The molecule has 0 aliphatic heterocycles. The number of anilines is 1. The first-order valence-electron chi connectivity index (χ1n) is 10.9. The van der Waals surface area contributed by atoms with Gasteiger partial charge in [-0.05, 0) is 70.4 Å². The Morgan fingerprint density at radius 3 is 2.44 bits per heavy atom. The lowest BCUT2D eigenvalue weighted by Gasteiger charge is -2.16. The number of methoxy groups -OCH3 is 1. The third-order valence-electron chi connectivity index (χ3n) is 5.29. The van der Waals surface area contributed by atoms with Gasteiger partial charge >= 0.3 is 5.97 Å². The molecule has 3 rings (SSSR count). The van der Waals surface area contributed by atoms with Crippen molar-refractivity contribution in [2.24, 2.45) is 0 Å². The van der Waals surface area contributed by atoms with E-state index in [1.54, 1.807) is 0 Å². The zero-order valence-corrected chi connectivity index (χ0v) is 22.1. The smallest absolute Gasteiger partial charge is 0.341 e. The van der Waals surface area contributed by atoms with Crippen molar-refractivity contribution in [3.8, 4) is 5.75 Å². The van der Waals surface area contributed by atoms with Crippen molar-refractivity contribution in [3.63, 3.8) is 0 Å². The Labute approximate surface area is 208 Å². The Morgan fingerprint density at radius 2 is 1.82 bits per heavy atom. The number of rotatable bonds is 9. The molecule has 8 nitrogen and oxygen atoms in total. The standard InChI is InChI=1S/C24H30N4O4S2/c1-8-28-21(16(5)32-18-10-13(2)9-14(3)11-18)26-27-24(28)33-12-19(29)25-22-20(23(30)31-7)15(4)17(6)34-22/h9-11,16H,8,12H2,1-7H3,(H,25,29). The SMILES string of the molecule is CCn1c(SCC(=O)Nc2sc(C)c(C)c2C(=O)OC)nnc1C(C)Oc1cc(C)cc(C)c1. The summed E-state index contributed by atoms with van der Waals surface area (Å²) in [6.07, 6.45) is -0.309. The fraction of sp³-hybridized carbons (Fsp3) is 0.417. The Morgan fingerprint density at radius 1 is 1.15 bits per heavy atom. The number of carbonyl (C=O) groups is 2. The fourth-order valence-electron chi connectivity index (χ4n) is 3.62. The van der Waals surface area contributed by atoms with Crippen LogP contribution in [0.2, 0.25) is 0 Å². The highest BCUT2D eigenvalue weighted by atomic mass is 32.2. The lowest BCUT2D eigenvalue weighted by atomic mass is 10.1. The van der Waals surface area contributed by atoms with Crippen LogP contribution in [-0.4, -0.2) is 39.5 Å². The second-order valence-corrected chi connectivity index (χ2v) is 10.2. The average Bonchev–Trinajstić information content (AvgIpc) is 3.31. The molecule has 0 bridgehead atoms. The predicted octanol–water partition coefficient (Wildman–Crippen LogP) is 5.25. The largest absolute Gasteiger partial charge is 0.483 e. The van der Waals surface area contributed by atoms with Crippen molar-refractivity contribution in [2.75, 3.05) is 18.2 Å². The number of aryl methyl sites for hydroxylation is 3. The number of nitrogens with zero attached hydrogens (tertiary/aromatic N) is 3. The maximum absolute atomic E-state index is 12.7. The molecule has 1 atom stereocenters. The monoisotopic (exact) mass is 502 g/mol. The molecule has 0 radical (unpaired) electrons. The topological polar surface area (TPSA) is 95.3 Å². The molecule has 1 N–H and O–H groups in total. The minimum Gasteiger partial charge on any atom is -0.483 e. The first kappa shape index (κ1) is 25.8. The number of aromatic nitrogens is 3. The van der Waals surface area contributed by atoms with Crippen LogP contribution in [0.3, 0.4) is 0 Å². The van der Waals surface area contributed by atoms with Crippen LogP contribution in [0.25, 0.3) is 0 Å². The second kappa shape index (κ2) is 11.1. The molecule has 0 saturated heterocycles. The number of amides is 1. The Bertz CT molecular complexity index is 1180. The van der Waals surface area contributed by atoms with E-state index in [1.807, 2.05) is 58.2 Å². The number of hydrogen-bond donors (Lipinski definition) is 1. The maximum Gasteiger partial charge on any atom is 0.341 e. The molecule has 0 spiro atoms. The van der Waals surface area contributed by atoms with E-state index < -0.39 is 5.97 Å². The normalized spacial score (nSPS) is 11.9. The van der Waals surface area contributed by atoms with Gasteiger partial charge < -0.3 is 19.4 Å². The summed E-state index contributed by atoms with van der Waals surface area (Å²) in [5, 5.41) is 12.6. The van der Waals surface area contributed by atoms with Crippen molar-refractivity contribution in [3.05, 3.63) is 51.2 Å². The third kappa shape index (κ3) is 5.79. The van der Waals surface area contributed by atoms with E-state index in [-0.39, 0.29) is 17.8 Å². The molecule has 0 saturated carbocycles. The Kier molecular flexibility index (Phi) is 8.37. The van der Waals surface area contributed by atoms with Gasteiger partial charge in [-0.2, -0.15) is 0 Å². The highest BCUT2D eigenvalue weighted by Gasteiger charge is 2.23. The molecule has 3 aromatic rings. The number of nitrogens with one attached hydrogen (secondary N) is 1. The number of thiophene rings is 1. The number of thioether (sulfide) groups is 1. The number of carbonyl (C=O) groups excluding carboxylic acids is 2. The molecule has 1 amide bonds. The van der Waals surface area contributed by atoms with Gasteiger partial charge in [0.2, 0.25) is 5.91 Å². The van der Waals surface area contributed by atoms with Crippen molar-refractivity contribution >= 4 is 40.0 Å². The summed E-state index contributed by atoms with van der Waals surface area (Å²) in [5.74, 6) is 0.913. The van der Waals surface area contributed by atoms with E-state index in [0.29, 0.717) is 28.1 Å². The van der Waals surface area contributed by atoms with Gasteiger partial charge in [-0.3, -0.25) is 4.79 Å². The van der Waals surface area contributed by atoms with Crippen LogP contribution in [0.15, 0.2) is 23.4 Å². The lowest BCUT2D eigenvalue weighted by molar-refractivity contribution is -0.113. The summed E-state index contributed by atoms with van der Waals surface area (Å²) in [5.41, 5.74) is 3.48. The van der Waals surface area contributed by atoms with E-state index in [4.69, 9.17) is 9.47 Å². The molecule has 34 heavy (non-hydrogen) atoms. The zero-order valence-electron chi connectivity index (χ0n) is 20.5. The minimum absolute atomic E-state index is 0.126. The van der Waals surface area contributed by atoms with Gasteiger partial charge in [0.1, 0.15) is 10.8 Å². The molecular formula is C24H30N4O4S2. The molecule has 0 aliphatic rings. The average molecular weight is 503 g/mol. The molecule has 10 heteroatoms. The minimum atomic E-state index is -0.460. The number of benzene rings is 1. The number of hydrogen-bond acceptors (Lipinski definition) is 8. The van der Waals surface area contributed by atoms with Crippen molar-refractivity contribution in [2.45, 2.75) is 59.3 Å². The van der Waals surface area contributed by atoms with E-state index in [9.17, 15) is 9.59 Å². The molecule has 1 aromatic carbocycles. The van der Waals surface area contributed by atoms with Gasteiger partial charge in [0, 0.05) is 11.4 Å². The van der Waals surface area contributed by atoms with Crippen LogP contribution in [0.4, 0.5) is 5.00 Å². The first-order valence-corrected chi connectivity index (χ1v) is 12.7. The highest BCUT2D eigenvalue weighted by molar-refractivity contribution is 7.99. The molecule has 0 fully saturated rings. The van der Waals surface area contributed by atoms with E-state index >= 15 is 0 Å². The molecule has 2 heterocycles. The summed E-state index contributed by atoms with van der Waals surface area (Å²) in [7, 11) is 1.33. The van der Waals surface area contributed by atoms with Crippen LogP contribution in [0, 0.1) is 27.7 Å². The van der Waals surface area contributed by atoms with Crippen molar-refractivity contribution in [1.82, 2.24) is 14.8 Å². The van der Waals surface area contributed by atoms with Crippen LogP contribution >= 0.6 is 23.1 Å². The van der Waals surface area contributed by atoms with Gasteiger partial charge in [-0.25, -0.2) is 4.79 Å². The van der Waals surface area contributed by atoms with Crippen LogP contribution in [-0.2, 0) is 16.1 Å². The highest BCUT2D eigenvalue weighted by Crippen LogP contribution is 2.33. The number of esters is 1. The number of ether oxygens (including phenoxy) is 2. The molecular weight excluding hydrogens is 472 g/mol. The lowest BCUT2D eigenvalue weighted by Crippen LogP contribution is -2.17. The van der Waals surface area contributed by atoms with Gasteiger partial charge in [-0.1, -0.05) is 17.8 Å². The van der Waals surface area contributed by atoms with Gasteiger partial charge in [-0.15, -0.1) is 21.5 Å². The Balaban J connectivity index is 1.69. The molecule has 2 aromatic heterocycles. The first-order chi connectivity index (χ1) is 16.1. The molecule has 0 aliphatic carbocycles. The summed E-state index contributed by atoms with van der Waals surface area (Å²) in [4.78, 5) is 25.8.